The quantitative estimate of drug-likeness (QED) is 0.351. The van der Waals surface area contributed by atoms with Crippen molar-refractivity contribution in [1.29, 1.82) is 0 Å². The first-order valence-electron chi connectivity index (χ1n) is 10.1. The van der Waals surface area contributed by atoms with Gasteiger partial charge in [0.05, 0.1) is 17.9 Å². The van der Waals surface area contributed by atoms with Crippen LogP contribution in [-0.4, -0.2) is 75.5 Å². The zero-order chi connectivity index (χ0) is 22.3. The fourth-order valence-corrected chi connectivity index (χ4v) is 4.82. The molecule has 0 radical (unpaired) electrons. The maximum absolute atomic E-state index is 13.5. The van der Waals surface area contributed by atoms with E-state index in [0.717, 1.165) is 0 Å². The summed E-state index contributed by atoms with van der Waals surface area (Å²) in [5, 5.41) is 53.1. The number of carbonyl (C=O) groups excluding carboxylic acids is 1. The van der Waals surface area contributed by atoms with Crippen molar-refractivity contribution < 1.29 is 44.5 Å². The number of fused-ring (bicyclic) bond motifs is 4. The second-order valence-electron chi connectivity index (χ2n) is 8.10. The van der Waals surface area contributed by atoms with E-state index in [4.69, 9.17) is 14.2 Å². The van der Waals surface area contributed by atoms with E-state index in [9.17, 15) is 30.3 Å². The normalized spacial score (nSPS) is 28.8. The molecular weight excluding hydrogens is 422 g/mol. The van der Waals surface area contributed by atoms with E-state index in [2.05, 4.69) is 0 Å². The lowest BCUT2D eigenvalue weighted by Gasteiger charge is -2.43. The molecule has 0 aromatic heterocycles. The Morgan fingerprint density at radius 1 is 1.00 bits per heavy atom. The molecule has 32 heavy (non-hydrogen) atoms. The number of phenolic OH excluding ortho intramolecular Hbond substituents is 1. The number of nitrogens with zero attached hydrogens (tertiary/aromatic N) is 1. The number of anilines is 1. The second-order valence-corrected chi connectivity index (χ2v) is 8.10. The first-order valence-corrected chi connectivity index (χ1v) is 10.1. The number of aliphatic hydroxyl groups excluding tert-OH is 4. The Bertz CT molecular complexity index is 1290. The smallest absolute Gasteiger partial charge is 0.261 e. The molecule has 0 aliphatic carbocycles. The van der Waals surface area contributed by atoms with Crippen molar-refractivity contribution in [2.24, 2.45) is 0 Å². The van der Waals surface area contributed by atoms with Crippen LogP contribution in [0.3, 0.4) is 0 Å². The van der Waals surface area contributed by atoms with E-state index in [1.165, 1.54) is 11.0 Å². The molecule has 0 saturated carbocycles. The second kappa shape index (κ2) is 6.67. The highest BCUT2D eigenvalue weighted by Crippen LogP contribution is 2.52. The van der Waals surface area contributed by atoms with Crippen LogP contribution in [0.5, 0.6) is 17.2 Å². The lowest BCUT2D eigenvalue weighted by molar-refractivity contribution is -0.226. The molecule has 3 heterocycles. The third-order valence-electron chi connectivity index (χ3n) is 6.35. The summed E-state index contributed by atoms with van der Waals surface area (Å²) in [5.41, 5.74) is 0.683. The average molecular weight is 441 g/mol. The molecule has 1 amide bonds. The summed E-state index contributed by atoms with van der Waals surface area (Å²) in [4.78, 5) is 14.7. The average Bonchev–Trinajstić information content (AvgIpc) is 3.36. The van der Waals surface area contributed by atoms with Crippen molar-refractivity contribution in [2.45, 2.75) is 30.6 Å². The van der Waals surface area contributed by atoms with Crippen molar-refractivity contribution in [1.82, 2.24) is 0 Å². The number of rotatable bonds is 2. The molecule has 3 aromatic carbocycles. The van der Waals surface area contributed by atoms with Gasteiger partial charge < -0.3 is 39.7 Å². The summed E-state index contributed by atoms with van der Waals surface area (Å²) in [7, 11) is 0. The number of ether oxygens (including phenoxy) is 3. The number of amides is 1. The molecule has 3 aliphatic rings. The lowest BCUT2D eigenvalue weighted by atomic mass is 9.96. The number of aliphatic hydroxyl groups is 4. The number of aromatic hydroxyl groups is 1. The molecule has 1 saturated heterocycles. The Labute approximate surface area is 180 Å². The van der Waals surface area contributed by atoms with Gasteiger partial charge in [-0.05, 0) is 35.0 Å². The molecule has 0 spiro atoms. The molecule has 3 aromatic rings. The van der Waals surface area contributed by atoms with E-state index < -0.39 is 43.2 Å². The Morgan fingerprint density at radius 3 is 2.59 bits per heavy atom. The van der Waals surface area contributed by atoms with Gasteiger partial charge in [0.1, 0.15) is 30.2 Å². The molecule has 5 N–H and O–H groups in total. The number of phenols is 1. The molecule has 3 aliphatic heterocycles. The zero-order valence-electron chi connectivity index (χ0n) is 16.5. The number of hydrogen-bond acceptors (Lipinski definition) is 9. The van der Waals surface area contributed by atoms with Crippen LogP contribution in [-0.2, 0) is 4.74 Å². The van der Waals surface area contributed by atoms with Crippen molar-refractivity contribution in [3.8, 4) is 17.2 Å². The molecule has 6 rings (SSSR count). The summed E-state index contributed by atoms with van der Waals surface area (Å²) in [5.74, 6) is 0.344. The van der Waals surface area contributed by atoms with Crippen LogP contribution in [0.15, 0.2) is 30.3 Å². The molecule has 5 atom stereocenters. The minimum atomic E-state index is -1.63. The highest BCUT2D eigenvalue weighted by Gasteiger charge is 2.50. The number of benzene rings is 3. The first kappa shape index (κ1) is 19.5. The van der Waals surface area contributed by atoms with Crippen LogP contribution in [0.25, 0.3) is 21.5 Å². The Kier molecular flexibility index (Phi) is 4.07. The maximum atomic E-state index is 13.5. The fraction of sp³-hybridized carbons (Fsp3) is 0.318. The monoisotopic (exact) mass is 441 g/mol. The van der Waals surface area contributed by atoms with Gasteiger partial charge in [0, 0.05) is 10.8 Å². The van der Waals surface area contributed by atoms with E-state index in [0.29, 0.717) is 38.7 Å². The minimum Gasteiger partial charge on any atom is -0.508 e. The SMILES string of the molecule is O=C1c2cc3c(c4c2c(cc2ccc(O)cc24)N1[C@@H]1O[C@H](CO)[C@H](O)[C@@H](O)[C@H]1O)OCO3. The molecule has 0 bridgehead atoms. The van der Waals surface area contributed by atoms with E-state index >= 15 is 0 Å². The van der Waals surface area contributed by atoms with Crippen molar-refractivity contribution >= 4 is 33.1 Å². The Hall–Kier alpha value is -3.15. The van der Waals surface area contributed by atoms with Gasteiger partial charge in [0.15, 0.2) is 17.7 Å². The van der Waals surface area contributed by atoms with Gasteiger partial charge in [-0.1, -0.05) is 6.07 Å². The Balaban J connectivity index is 1.62. The summed E-state index contributed by atoms with van der Waals surface area (Å²) in [6.45, 7) is -0.623. The summed E-state index contributed by atoms with van der Waals surface area (Å²) < 4.78 is 16.9. The van der Waals surface area contributed by atoms with Crippen molar-refractivity contribution in [3.63, 3.8) is 0 Å². The summed E-state index contributed by atoms with van der Waals surface area (Å²) in [6, 6.07) is 8.03. The molecular formula is C22H19NO9. The minimum absolute atomic E-state index is 0.0109. The van der Waals surface area contributed by atoms with Gasteiger partial charge in [0.2, 0.25) is 6.79 Å². The van der Waals surface area contributed by atoms with Crippen LogP contribution >= 0.6 is 0 Å². The van der Waals surface area contributed by atoms with Crippen LogP contribution in [0.4, 0.5) is 5.69 Å². The Morgan fingerprint density at radius 2 is 1.81 bits per heavy atom. The van der Waals surface area contributed by atoms with Gasteiger partial charge >= 0.3 is 0 Å². The van der Waals surface area contributed by atoms with Gasteiger partial charge in [-0.25, -0.2) is 0 Å². The summed E-state index contributed by atoms with van der Waals surface area (Å²) in [6.07, 6.45) is -7.33. The molecule has 10 heteroatoms. The first-order chi connectivity index (χ1) is 15.4. The highest BCUT2D eigenvalue weighted by atomic mass is 16.7. The predicted octanol–water partition coefficient (Wildman–Crippen LogP) is 0.187. The molecule has 10 nitrogen and oxygen atoms in total. The van der Waals surface area contributed by atoms with E-state index in [-0.39, 0.29) is 18.1 Å². The van der Waals surface area contributed by atoms with E-state index in [1.807, 2.05) is 0 Å². The van der Waals surface area contributed by atoms with Crippen LogP contribution in [0.2, 0.25) is 0 Å². The van der Waals surface area contributed by atoms with Crippen molar-refractivity contribution in [2.75, 3.05) is 18.3 Å². The number of carbonyl (C=O) groups is 1. The zero-order valence-corrected chi connectivity index (χ0v) is 16.5. The van der Waals surface area contributed by atoms with Crippen LogP contribution < -0.4 is 14.4 Å². The van der Waals surface area contributed by atoms with E-state index in [1.54, 1.807) is 24.3 Å². The lowest BCUT2D eigenvalue weighted by Crippen LogP contribution is -2.63. The summed E-state index contributed by atoms with van der Waals surface area (Å²) >= 11 is 0. The molecule has 1 fully saturated rings. The van der Waals surface area contributed by atoms with Gasteiger partial charge in [-0.2, -0.15) is 0 Å². The standard InChI is InChI=1S/C22H19NO9/c24-6-14-17(26)18(27)19(28)22(32-14)23-12-3-8-1-2-9(25)4-10(8)16-15(12)11(21(23)29)5-13-20(16)31-7-30-13/h1-5,14,17-19,22,24-28H,6-7H2/t14-,17+,18-,19-,22-/m1/s1. The van der Waals surface area contributed by atoms with Crippen LogP contribution in [0.1, 0.15) is 10.4 Å². The predicted molar refractivity (Wildman–Crippen MR) is 110 cm³/mol. The largest absolute Gasteiger partial charge is 0.508 e. The van der Waals surface area contributed by atoms with Crippen molar-refractivity contribution in [3.05, 3.63) is 35.9 Å². The highest BCUT2D eigenvalue weighted by molar-refractivity contribution is 6.31. The molecule has 166 valence electrons. The maximum Gasteiger partial charge on any atom is 0.261 e. The fourth-order valence-electron chi connectivity index (χ4n) is 4.82. The van der Waals surface area contributed by atoms with Gasteiger partial charge in [-0.15, -0.1) is 0 Å². The topological polar surface area (TPSA) is 149 Å². The third kappa shape index (κ3) is 2.43. The molecule has 0 unspecified atom stereocenters. The number of hydrogen-bond donors (Lipinski definition) is 5. The van der Waals surface area contributed by atoms with Gasteiger partial charge in [0.25, 0.3) is 5.91 Å². The third-order valence-corrected chi connectivity index (χ3v) is 6.35. The van der Waals surface area contributed by atoms with Gasteiger partial charge in [-0.3, -0.25) is 9.69 Å². The van der Waals surface area contributed by atoms with Crippen LogP contribution in [0, 0.1) is 0 Å².